The van der Waals surface area contributed by atoms with Gasteiger partial charge in [-0.3, -0.25) is 9.69 Å². The molecule has 0 bridgehead atoms. The van der Waals surface area contributed by atoms with Crippen LogP contribution in [0.4, 0.5) is 0 Å². The average Bonchev–Trinajstić information content (AvgIpc) is 2.37. The third-order valence-corrected chi connectivity index (χ3v) is 4.65. The van der Waals surface area contributed by atoms with Gasteiger partial charge in [0.2, 0.25) is 0 Å². The molecular formula is C15H30N2O2. The highest BCUT2D eigenvalue weighted by Gasteiger charge is 2.37. The Bertz CT molecular complexity index is 309. The Kier molecular flexibility index (Phi) is 5.81. The van der Waals surface area contributed by atoms with Gasteiger partial charge in [-0.2, -0.15) is 0 Å². The summed E-state index contributed by atoms with van der Waals surface area (Å²) < 4.78 is 4.92. The molecule has 1 aliphatic heterocycles. The van der Waals surface area contributed by atoms with Crippen LogP contribution in [0.25, 0.3) is 0 Å². The van der Waals surface area contributed by atoms with Crippen molar-refractivity contribution in [3.05, 3.63) is 0 Å². The van der Waals surface area contributed by atoms with E-state index in [2.05, 4.69) is 31.0 Å². The monoisotopic (exact) mass is 270 g/mol. The van der Waals surface area contributed by atoms with E-state index < -0.39 is 5.54 Å². The molecule has 1 saturated heterocycles. The number of rotatable bonds is 5. The molecule has 19 heavy (non-hydrogen) atoms. The van der Waals surface area contributed by atoms with Crippen LogP contribution >= 0.6 is 0 Å². The molecule has 0 spiro atoms. The fraction of sp³-hybridized carbons (Fsp3) is 0.933. The van der Waals surface area contributed by atoms with Crippen LogP contribution < -0.4 is 5.32 Å². The van der Waals surface area contributed by atoms with Crippen LogP contribution in [0.15, 0.2) is 0 Å². The number of carbonyl (C=O) groups is 1. The maximum absolute atomic E-state index is 11.9. The Labute approximate surface area is 117 Å². The number of carbonyl (C=O) groups excluding carboxylic acids is 1. The van der Waals surface area contributed by atoms with Gasteiger partial charge in [0.25, 0.3) is 0 Å². The van der Waals surface area contributed by atoms with Crippen LogP contribution in [0.3, 0.4) is 0 Å². The van der Waals surface area contributed by atoms with Crippen molar-refractivity contribution in [1.82, 2.24) is 10.2 Å². The second-order valence-electron chi connectivity index (χ2n) is 6.34. The number of likely N-dealkylation sites (tertiary alicyclic amines) is 1. The summed E-state index contributed by atoms with van der Waals surface area (Å²) in [6.45, 7) is 9.88. The highest BCUT2D eigenvalue weighted by Crippen LogP contribution is 2.27. The van der Waals surface area contributed by atoms with E-state index in [9.17, 15) is 4.79 Å². The summed E-state index contributed by atoms with van der Waals surface area (Å²) in [6, 6.07) is 0.969. The Balaban J connectivity index is 2.67. The first-order chi connectivity index (χ1) is 8.84. The largest absolute Gasteiger partial charge is 0.468 e. The fourth-order valence-electron chi connectivity index (χ4n) is 3.30. The molecule has 0 aromatic heterocycles. The minimum atomic E-state index is -0.600. The molecular weight excluding hydrogens is 240 g/mol. The molecule has 0 saturated carbocycles. The summed E-state index contributed by atoms with van der Waals surface area (Å²) in [5.74, 6) is 0.634. The maximum atomic E-state index is 11.9. The average molecular weight is 270 g/mol. The van der Waals surface area contributed by atoms with Gasteiger partial charge in [0.1, 0.15) is 5.54 Å². The lowest BCUT2D eigenvalue weighted by molar-refractivity contribution is -0.148. The van der Waals surface area contributed by atoms with Crippen LogP contribution in [0, 0.1) is 5.92 Å². The topological polar surface area (TPSA) is 41.6 Å². The Morgan fingerprint density at radius 3 is 2.63 bits per heavy atom. The van der Waals surface area contributed by atoms with Gasteiger partial charge in [0.15, 0.2) is 0 Å². The number of likely N-dealkylation sites (N-methyl/N-ethyl adjacent to an activating group) is 1. The molecule has 0 aromatic rings. The number of nitrogens with one attached hydrogen (secondary N) is 1. The van der Waals surface area contributed by atoms with E-state index in [0.717, 1.165) is 18.9 Å². The van der Waals surface area contributed by atoms with Crippen LogP contribution in [0.1, 0.15) is 47.0 Å². The Morgan fingerprint density at radius 2 is 2.16 bits per heavy atom. The van der Waals surface area contributed by atoms with Gasteiger partial charge in [-0.15, -0.1) is 0 Å². The van der Waals surface area contributed by atoms with E-state index in [1.54, 1.807) is 0 Å². The normalized spacial score (nSPS) is 29.6. The van der Waals surface area contributed by atoms with Gasteiger partial charge in [0.05, 0.1) is 7.11 Å². The van der Waals surface area contributed by atoms with Crippen molar-refractivity contribution in [2.45, 2.75) is 64.6 Å². The number of esters is 1. The van der Waals surface area contributed by atoms with Gasteiger partial charge in [-0.1, -0.05) is 6.92 Å². The number of nitrogens with zero attached hydrogens (tertiary/aromatic N) is 1. The van der Waals surface area contributed by atoms with E-state index in [0.29, 0.717) is 12.1 Å². The summed E-state index contributed by atoms with van der Waals surface area (Å²) in [7, 11) is 3.28. The summed E-state index contributed by atoms with van der Waals surface area (Å²) in [6.07, 6.45) is 3.27. The van der Waals surface area contributed by atoms with Gasteiger partial charge < -0.3 is 10.1 Å². The van der Waals surface area contributed by atoms with Gasteiger partial charge >= 0.3 is 5.97 Å². The second kappa shape index (κ2) is 6.71. The van der Waals surface area contributed by atoms with E-state index in [1.165, 1.54) is 20.0 Å². The van der Waals surface area contributed by atoms with Gasteiger partial charge in [-0.25, -0.2) is 0 Å². The molecule has 1 N–H and O–H groups in total. The van der Waals surface area contributed by atoms with E-state index >= 15 is 0 Å². The molecule has 0 radical (unpaired) electrons. The lowest BCUT2D eigenvalue weighted by atomic mass is 9.88. The highest BCUT2D eigenvalue weighted by atomic mass is 16.5. The van der Waals surface area contributed by atoms with Crippen molar-refractivity contribution in [3.8, 4) is 0 Å². The summed E-state index contributed by atoms with van der Waals surface area (Å²) >= 11 is 0. The fourth-order valence-corrected chi connectivity index (χ4v) is 3.30. The third kappa shape index (κ3) is 3.93. The molecule has 0 aromatic carbocycles. The van der Waals surface area contributed by atoms with E-state index in [1.807, 2.05) is 14.0 Å². The predicted molar refractivity (Wildman–Crippen MR) is 78.1 cm³/mol. The Hall–Kier alpha value is -0.610. The molecule has 4 heteroatoms. The van der Waals surface area contributed by atoms with Crippen LogP contribution in [0.2, 0.25) is 0 Å². The first kappa shape index (κ1) is 16.4. The number of piperidine rings is 1. The Morgan fingerprint density at radius 1 is 1.53 bits per heavy atom. The van der Waals surface area contributed by atoms with Crippen LogP contribution in [-0.2, 0) is 9.53 Å². The van der Waals surface area contributed by atoms with Crippen molar-refractivity contribution in [1.29, 1.82) is 0 Å². The predicted octanol–water partition coefficient (Wildman–Crippen LogP) is 2.04. The smallest absolute Gasteiger partial charge is 0.325 e. The van der Waals surface area contributed by atoms with Crippen LogP contribution in [0.5, 0.6) is 0 Å². The third-order valence-electron chi connectivity index (χ3n) is 4.65. The summed E-state index contributed by atoms with van der Waals surface area (Å²) in [5, 5.41) is 3.12. The molecule has 4 unspecified atom stereocenters. The number of hydrogen-bond donors (Lipinski definition) is 1. The molecule has 1 rings (SSSR count). The molecule has 1 fully saturated rings. The standard InChI is InChI=1S/C15H30N2O2/c1-11-7-8-17(12(2)9-11)13(3)10-15(4,16-5)14(18)19-6/h11-13,16H,7-10H2,1-6H3. The second-order valence-corrected chi connectivity index (χ2v) is 6.34. The maximum Gasteiger partial charge on any atom is 0.325 e. The quantitative estimate of drug-likeness (QED) is 0.776. The zero-order chi connectivity index (χ0) is 14.6. The number of hydrogen-bond acceptors (Lipinski definition) is 4. The molecule has 1 heterocycles. The molecule has 0 amide bonds. The molecule has 0 aliphatic carbocycles. The number of methoxy groups -OCH3 is 1. The lowest BCUT2D eigenvalue weighted by Gasteiger charge is -2.42. The minimum absolute atomic E-state index is 0.181. The van der Waals surface area contributed by atoms with Crippen molar-refractivity contribution in [2.24, 2.45) is 5.92 Å². The molecule has 4 nitrogen and oxygen atoms in total. The first-order valence-electron chi connectivity index (χ1n) is 7.37. The van der Waals surface area contributed by atoms with Crippen LogP contribution in [-0.4, -0.2) is 49.2 Å². The number of ether oxygens (including phenoxy) is 1. The zero-order valence-corrected chi connectivity index (χ0v) is 13.3. The van der Waals surface area contributed by atoms with Crippen molar-refractivity contribution < 1.29 is 9.53 Å². The first-order valence-corrected chi connectivity index (χ1v) is 7.37. The summed E-state index contributed by atoms with van der Waals surface area (Å²) in [5.41, 5.74) is -0.600. The van der Waals surface area contributed by atoms with Gasteiger partial charge in [0, 0.05) is 12.1 Å². The molecule has 112 valence electrons. The minimum Gasteiger partial charge on any atom is -0.468 e. The van der Waals surface area contributed by atoms with Crippen molar-refractivity contribution >= 4 is 5.97 Å². The van der Waals surface area contributed by atoms with E-state index in [4.69, 9.17) is 4.74 Å². The summed E-state index contributed by atoms with van der Waals surface area (Å²) in [4.78, 5) is 14.4. The molecule has 4 atom stereocenters. The van der Waals surface area contributed by atoms with Crippen molar-refractivity contribution in [2.75, 3.05) is 20.7 Å². The molecule has 1 aliphatic rings. The highest BCUT2D eigenvalue weighted by molar-refractivity contribution is 5.80. The van der Waals surface area contributed by atoms with Crippen molar-refractivity contribution in [3.63, 3.8) is 0 Å². The van der Waals surface area contributed by atoms with Gasteiger partial charge in [-0.05, 0) is 59.5 Å². The SMILES string of the molecule is CNC(C)(CC(C)N1CCC(C)CC1C)C(=O)OC. The zero-order valence-electron chi connectivity index (χ0n) is 13.3. The van der Waals surface area contributed by atoms with E-state index in [-0.39, 0.29) is 5.97 Å². The lowest BCUT2D eigenvalue weighted by Crippen LogP contribution is -2.54.